The van der Waals surface area contributed by atoms with Crippen molar-refractivity contribution in [1.82, 2.24) is 0 Å². The summed E-state index contributed by atoms with van der Waals surface area (Å²) in [6, 6.07) is 0. The van der Waals surface area contributed by atoms with Gasteiger partial charge in [0, 0.05) is 6.08 Å². The van der Waals surface area contributed by atoms with Crippen LogP contribution in [0.1, 0.15) is 39.0 Å². The Labute approximate surface area is 119 Å². The van der Waals surface area contributed by atoms with Gasteiger partial charge in [-0.25, -0.2) is 9.68 Å². The first-order valence-corrected chi connectivity index (χ1v) is 6.89. The lowest BCUT2D eigenvalue weighted by Crippen LogP contribution is -2.25. The number of carbonyl (C=O) groups is 1. The van der Waals surface area contributed by atoms with Crippen LogP contribution in [0.3, 0.4) is 0 Å². The monoisotopic (exact) mass is 286 g/mol. The van der Waals surface area contributed by atoms with Gasteiger partial charge in [0.15, 0.2) is 0 Å². The van der Waals surface area contributed by atoms with Gasteiger partial charge in [-0.2, -0.15) is 0 Å². The highest BCUT2D eigenvalue weighted by Crippen LogP contribution is 2.08. The fraction of sp³-hybridized carbons (Fsp3) is 0.643. The van der Waals surface area contributed by atoms with Crippen molar-refractivity contribution in [3.05, 3.63) is 24.3 Å². The van der Waals surface area contributed by atoms with Gasteiger partial charge in [0.05, 0.1) is 13.2 Å². The highest BCUT2D eigenvalue weighted by Gasteiger charge is 2.16. The minimum atomic E-state index is -1.22. The Balaban J connectivity index is 2.35. The van der Waals surface area contributed by atoms with Crippen molar-refractivity contribution in [2.45, 2.75) is 45.5 Å². The molecule has 1 atom stereocenters. The van der Waals surface area contributed by atoms with Gasteiger partial charge >= 0.3 is 12.4 Å². The maximum absolute atomic E-state index is 11.5. The summed E-state index contributed by atoms with van der Waals surface area (Å²) in [6.07, 6.45) is 11.4. The van der Waals surface area contributed by atoms with Crippen LogP contribution in [0, 0.1) is 0 Å². The van der Waals surface area contributed by atoms with Gasteiger partial charge in [0.2, 0.25) is 0 Å². The summed E-state index contributed by atoms with van der Waals surface area (Å²) in [5.74, 6) is -0.580. The Morgan fingerprint density at radius 3 is 2.65 bits per heavy atom. The molecule has 0 aromatic rings. The van der Waals surface area contributed by atoms with Crippen molar-refractivity contribution < 1.29 is 29.1 Å². The molecule has 1 aliphatic rings. The molecule has 0 N–H and O–H groups in total. The first kappa shape index (κ1) is 16.8. The molecule has 20 heavy (non-hydrogen) atoms. The van der Waals surface area contributed by atoms with Gasteiger partial charge < -0.3 is 9.47 Å². The summed E-state index contributed by atoms with van der Waals surface area (Å²) in [4.78, 5) is 21.0. The highest BCUT2D eigenvalue weighted by molar-refractivity contribution is 5.82. The normalized spacial score (nSPS) is 23.4. The summed E-state index contributed by atoms with van der Waals surface area (Å²) in [5.41, 5.74) is 0. The van der Waals surface area contributed by atoms with E-state index in [4.69, 9.17) is 19.2 Å². The van der Waals surface area contributed by atoms with Crippen LogP contribution in [0.4, 0.5) is 0 Å². The smallest absolute Gasteiger partial charge is 0.349 e. The van der Waals surface area contributed by atoms with E-state index >= 15 is 0 Å². The van der Waals surface area contributed by atoms with Crippen molar-refractivity contribution in [3.8, 4) is 0 Å². The lowest BCUT2D eigenvalue weighted by Gasteiger charge is -2.16. The summed E-state index contributed by atoms with van der Waals surface area (Å²) in [7, 11) is 0. The SMILES string of the molecule is CC=CC=CC(=O)OC1OCCCCCCCOOO1. The van der Waals surface area contributed by atoms with E-state index in [9.17, 15) is 4.79 Å². The van der Waals surface area contributed by atoms with Crippen molar-refractivity contribution in [2.24, 2.45) is 0 Å². The average molecular weight is 286 g/mol. The molecule has 1 fully saturated rings. The third kappa shape index (κ3) is 8.82. The second-order valence-electron chi connectivity index (χ2n) is 4.24. The Morgan fingerprint density at radius 1 is 1.10 bits per heavy atom. The summed E-state index contributed by atoms with van der Waals surface area (Å²) < 4.78 is 10.2. The van der Waals surface area contributed by atoms with Crippen molar-refractivity contribution in [3.63, 3.8) is 0 Å². The zero-order chi connectivity index (χ0) is 14.5. The maximum Gasteiger partial charge on any atom is 0.349 e. The van der Waals surface area contributed by atoms with E-state index in [0.717, 1.165) is 32.1 Å². The number of allylic oxidation sites excluding steroid dienone is 3. The lowest BCUT2D eigenvalue weighted by atomic mass is 10.1. The fourth-order valence-corrected chi connectivity index (χ4v) is 1.53. The van der Waals surface area contributed by atoms with Gasteiger partial charge in [-0.1, -0.05) is 42.5 Å². The second-order valence-corrected chi connectivity index (χ2v) is 4.24. The van der Waals surface area contributed by atoms with Crippen molar-refractivity contribution >= 4 is 5.97 Å². The molecule has 0 spiro atoms. The first-order valence-electron chi connectivity index (χ1n) is 6.89. The van der Waals surface area contributed by atoms with E-state index in [2.05, 4.69) is 5.04 Å². The molecule has 0 radical (unpaired) electrons. The summed E-state index contributed by atoms with van der Waals surface area (Å²) in [6.45, 7) is 1.49. The van der Waals surface area contributed by atoms with Crippen LogP contribution in [0.5, 0.6) is 0 Å². The Hall–Kier alpha value is -1.21. The number of rotatable bonds is 3. The predicted octanol–water partition coefficient (Wildman–Crippen LogP) is 2.81. The van der Waals surface area contributed by atoms with Crippen LogP contribution < -0.4 is 0 Å². The third-order valence-electron chi connectivity index (χ3n) is 2.54. The molecule has 1 saturated heterocycles. The minimum absolute atomic E-state index is 0.430. The molecule has 1 aliphatic heterocycles. The second kappa shape index (κ2) is 11.6. The van der Waals surface area contributed by atoms with Gasteiger partial charge in [-0.15, -0.1) is 4.89 Å². The largest absolute Gasteiger partial charge is 0.405 e. The topological polar surface area (TPSA) is 63.2 Å². The number of ether oxygens (including phenoxy) is 2. The Morgan fingerprint density at radius 2 is 1.85 bits per heavy atom. The first-order chi connectivity index (χ1) is 9.83. The molecule has 0 bridgehead atoms. The molecule has 114 valence electrons. The van der Waals surface area contributed by atoms with Gasteiger partial charge in [-0.3, -0.25) is 0 Å². The molecule has 0 aromatic heterocycles. The molecule has 1 heterocycles. The maximum atomic E-state index is 11.5. The van der Waals surface area contributed by atoms with E-state index in [1.807, 2.05) is 6.92 Å². The Kier molecular flexibility index (Phi) is 9.77. The van der Waals surface area contributed by atoms with Gasteiger partial charge in [0.25, 0.3) is 0 Å². The number of carbonyl (C=O) groups excluding carboxylic acids is 1. The van der Waals surface area contributed by atoms with Crippen LogP contribution in [0.15, 0.2) is 24.3 Å². The van der Waals surface area contributed by atoms with E-state index in [-0.39, 0.29) is 0 Å². The minimum Gasteiger partial charge on any atom is -0.405 e. The van der Waals surface area contributed by atoms with Gasteiger partial charge in [0.1, 0.15) is 0 Å². The zero-order valence-electron chi connectivity index (χ0n) is 11.8. The number of hydrogen-bond donors (Lipinski definition) is 0. The third-order valence-corrected chi connectivity index (χ3v) is 2.54. The molecule has 6 nitrogen and oxygen atoms in total. The van der Waals surface area contributed by atoms with E-state index < -0.39 is 12.4 Å². The predicted molar refractivity (Wildman–Crippen MR) is 71.0 cm³/mol. The zero-order valence-corrected chi connectivity index (χ0v) is 11.8. The van der Waals surface area contributed by atoms with E-state index in [1.54, 1.807) is 18.2 Å². The van der Waals surface area contributed by atoms with Crippen LogP contribution >= 0.6 is 0 Å². The fourth-order valence-electron chi connectivity index (χ4n) is 1.53. The van der Waals surface area contributed by atoms with Crippen LogP contribution in [-0.4, -0.2) is 25.7 Å². The van der Waals surface area contributed by atoms with Gasteiger partial charge in [-0.05, 0) is 19.8 Å². The highest BCUT2D eigenvalue weighted by atomic mass is 17.5. The van der Waals surface area contributed by atoms with E-state index in [0.29, 0.717) is 13.2 Å². The van der Waals surface area contributed by atoms with E-state index in [1.165, 1.54) is 6.08 Å². The van der Waals surface area contributed by atoms with Crippen LogP contribution in [-0.2, 0) is 29.1 Å². The molecule has 1 unspecified atom stereocenters. The van der Waals surface area contributed by atoms with Crippen molar-refractivity contribution in [1.29, 1.82) is 0 Å². The summed E-state index contributed by atoms with van der Waals surface area (Å²) >= 11 is 0. The molecule has 0 aromatic carbocycles. The molecule has 0 aliphatic carbocycles. The van der Waals surface area contributed by atoms with Crippen molar-refractivity contribution in [2.75, 3.05) is 13.2 Å². The molecule has 1 rings (SSSR count). The molecular formula is C14H22O6. The number of hydrogen-bond acceptors (Lipinski definition) is 6. The molecular weight excluding hydrogens is 264 g/mol. The van der Waals surface area contributed by atoms with Crippen LogP contribution in [0.25, 0.3) is 0 Å². The van der Waals surface area contributed by atoms with Crippen LogP contribution in [0.2, 0.25) is 0 Å². The standard InChI is InChI=1S/C14H22O6/c1-2-3-7-10-13(15)18-14-16-11-8-5-4-6-9-12-17-20-19-14/h2-3,7,10,14H,4-6,8-9,11-12H2,1H3. The molecule has 0 saturated carbocycles. The average Bonchev–Trinajstić information content (AvgIpc) is 2.42. The number of esters is 1. The molecule has 0 amide bonds. The molecule has 6 heteroatoms. The Bertz CT molecular complexity index is 301. The summed E-state index contributed by atoms with van der Waals surface area (Å²) in [5, 5.41) is 4.51. The lowest BCUT2D eigenvalue weighted by molar-refractivity contribution is -0.570. The quantitative estimate of drug-likeness (QED) is 0.344.